The number of rotatable bonds is 1. The van der Waals surface area contributed by atoms with Crippen LogP contribution in [0, 0.1) is 0 Å². The fourth-order valence-electron chi connectivity index (χ4n) is 1.50. The minimum atomic E-state index is -3.17. The van der Waals surface area contributed by atoms with Gasteiger partial charge in [0.05, 0.1) is 30.4 Å². The highest BCUT2D eigenvalue weighted by Crippen LogP contribution is 2.28. The molecule has 0 spiro atoms. The zero-order chi connectivity index (χ0) is 10.2. The predicted octanol–water partition coefficient (Wildman–Crippen LogP) is 0.273. The Morgan fingerprint density at radius 2 is 2.36 bits per heavy atom. The van der Waals surface area contributed by atoms with Crippen LogP contribution in [0.5, 0.6) is 0 Å². The maximum atomic E-state index is 11.4. The third-order valence-electron chi connectivity index (χ3n) is 2.10. The molecule has 2 rings (SSSR count). The molecule has 0 amide bonds. The number of hydrogen-bond acceptors (Lipinski definition) is 4. The smallest absolute Gasteiger partial charge is 0.232 e. The van der Waals surface area contributed by atoms with Crippen molar-refractivity contribution in [3.05, 3.63) is 18.5 Å². The van der Waals surface area contributed by atoms with E-state index in [2.05, 4.69) is 10.3 Å². The summed E-state index contributed by atoms with van der Waals surface area (Å²) in [5.41, 5.74) is 1.44. The number of aromatic nitrogens is 1. The number of nitrogens with one attached hydrogen (secondary N) is 1. The van der Waals surface area contributed by atoms with E-state index in [0.29, 0.717) is 18.8 Å². The van der Waals surface area contributed by atoms with Gasteiger partial charge in [0.2, 0.25) is 10.0 Å². The Bertz CT molecular complexity index is 444. The minimum absolute atomic E-state index is 0.468. The zero-order valence-electron chi connectivity index (χ0n) is 7.77. The van der Waals surface area contributed by atoms with E-state index in [1.165, 1.54) is 10.6 Å². The summed E-state index contributed by atoms with van der Waals surface area (Å²) in [5, 5.41) is 3.10. The van der Waals surface area contributed by atoms with Crippen LogP contribution in [0.4, 0.5) is 11.4 Å². The van der Waals surface area contributed by atoms with Crippen LogP contribution in [0.3, 0.4) is 0 Å². The molecule has 0 aromatic carbocycles. The normalized spacial score (nSPS) is 15.9. The lowest BCUT2D eigenvalue weighted by atomic mass is 10.3. The SMILES string of the molecule is CS(=O)(=O)N1CCNc2cnccc21. The largest absolute Gasteiger partial charge is 0.380 e. The van der Waals surface area contributed by atoms with Crippen molar-refractivity contribution >= 4 is 21.4 Å². The summed E-state index contributed by atoms with van der Waals surface area (Å²) in [7, 11) is -3.17. The van der Waals surface area contributed by atoms with Gasteiger partial charge in [-0.2, -0.15) is 0 Å². The van der Waals surface area contributed by atoms with Gasteiger partial charge in [0.15, 0.2) is 0 Å². The Labute approximate surface area is 82.8 Å². The lowest BCUT2D eigenvalue weighted by Gasteiger charge is -2.29. The molecular weight excluding hydrogens is 202 g/mol. The first-order valence-corrected chi connectivity index (χ1v) is 6.09. The van der Waals surface area contributed by atoms with Gasteiger partial charge in [-0.25, -0.2) is 8.42 Å². The van der Waals surface area contributed by atoms with Crippen LogP contribution in [0.25, 0.3) is 0 Å². The van der Waals surface area contributed by atoms with Crippen LogP contribution in [0.15, 0.2) is 18.5 Å². The second kappa shape index (κ2) is 3.13. The number of nitrogens with zero attached hydrogens (tertiary/aromatic N) is 2. The average molecular weight is 213 g/mol. The lowest BCUT2D eigenvalue weighted by molar-refractivity contribution is 0.596. The summed E-state index contributed by atoms with van der Waals surface area (Å²) < 4.78 is 24.2. The van der Waals surface area contributed by atoms with E-state index < -0.39 is 10.0 Å². The van der Waals surface area contributed by atoms with Gasteiger partial charge in [-0.1, -0.05) is 0 Å². The number of pyridine rings is 1. The summed E-state index contributed by atoms with van der Waals surface area (Å²) in [4.78, 5) is 3.93. The van der Waals surface area contributed by atoms with E-state index in [9.17, 15) is 8.42 Å². The molecule has 1 aromatic rings. The number of fused-ring (bicyclic) bond motifs is 1. The summed E-state index contributed by atoms with van der Waals surface area (Å²) >= 11 is 0. The number of sulfonamides is 1. The van der Waals surface area contributed by atoms with Crippen LogP contribution in [0.1, 0.15) is 0 Å². The summed E-state index contributed by atoms with van der Waals surface area (Å²) in [6.07, 6.45) is 4.43. The Balaban J connectivity index is 2.51. The molecule has 1 aliphatic rings. The molecule has 14 heavy (non-hydrogen) atoms. The maximum Gasteiger partial charge on any atom is 0.232 e. The first kappa shape index (κ1) is 9.26. The zero-order valence-corrected chi connectivity index (χ0v) is 8.58. The second-order valence-electron chi connectivity index (χ2n) is 3.15. The van der Waals surface area contributed by atoms with Gasteiger partial charge in [0, 0.05) is 12.7 Å². The van der Waals surface area contributed by atoms with E-state index >= 15 is 0 Å². The number of hydrogen-bond donors (Lipinski definition) is 1. The third-order valence-corrected chi connectivity index (χ3v) is 3.28. The molecule has 0 aliphatic carbocycles. The van der Waals surface area contributed by atoms with E-state index in [4.69, 9.17) is 0 Å². The Morgan fingerprint density at radius 1 is 1.57 bits per heavy atom. The number of anilines is 2. The highest BCUT2D eigenvalue weighted by atomic mass is 32.2. The fraction of sp³-hybridized carbons (Fsp3) is 0.375. The van der Waals surface area contributed by atoms with Gasteiger partial charge >= 0.3 is 0 Å². The molecule has 0 fully saturated rings. The van der Waals surface area contributed by atoms with E-state index in [-0.39, 0.29) is 0 Å². The standard InChI is InChI=1S/C8H11N3O2S/c1-14(12,13)11-5-4-10-7-6-9-3-2-8(7)11/h2-3,6,10H,4-5H2,1H3. The van der Waals surface area contributed by atoms with Gasteiger partial charge in [0.25, 0.3) is 0 Å². The second-order valence-corrected chi connectivity index (χ2v) is 5.06. The summed E-state index contributed by atoms with van der Waals surface area (Å²) in [5.74, 6) is 0. The summed E-state index contributed by atoms with van der Waals surface area (Å²) in [6.45, 7) is 1.08. The third kappa shape index (κ3) is 1.52. The molecular formula is C8H11N3O2S. The van der Waals surface area contributed by atoms with Crippen LogP contribution >= 0.6 is 0 Å². The molecule has 0 saturated heterocycles. The van der Waals surface area contributed by atoms with Crippen LogP contribution in [-0.2, 0) is 10.0 Å². The molecule has 5 nitrogen and oxygen atoms in total. The first-order valence-electron chi connectivity index (χ1n) is 4.24. The Morgan fingerprint density at radius 3 is 3.07 bits per heavy atom. The van der Waals surface area contributed by atoms with E-state index in [0.717, 1.165) is 5.69 Å². The summed E-state index contributed by atoms with van der Waals surface area (Å²) in [6, 6.07) is 1.70. The molecule has 0 radical (unpaired) electrons. The maximum absolute atomic E-state index is 11.4. The van der Waals surface area contributed by atoms with Gasteiger partial charge in [0.1, 0.15) is 0 Å². The van der Waals surface area contributed by atoms with Gasteiger partial charge in [-0.15, -0.1) is 0 Å². The van der Waals surface area contributed by atoms with Crippen LogP contribution in [-0.4, -0.2) is 32.7 Å². The van der Waals surface area contributed by atoms with Crippen molar-refractivity contribution in [1.82, 2.24) is 4.98 Å². The molecule has 6 heteroatoms. The van der Waals surface area contributed by atoms with E-state index in [1.54, 1.807) is 18.5 Å². The van der Waals surface area contributed by atoms with E-state index in [1.807, 2.05) is 0 Å². The van der Waals surface area contributed by atoms with Crippen molar-refractivity contribution in [3.63, 3.8) is 0 Å². The highest BCUT2D eigenvalue weighted by Gasteiger charge is 2.23. The topological polar surface area (TPSA) is 62.3 Å². The van der Waals surface area contributed by atoms with Gasteiger partial charge in [-0.3, -0.25) is 9.29 Å². The van der Waals surface area contributed by atoms with Crippen molar-refractivity contribution in [1.29, 1.82) is 0 Å². The van der Waals surface area contributed by atoms with Gasteiger partial charge in [-0.05, 0) is 6.07 Å². The molecule has 1 aliphatic heterocycles. The molecule has 76 valence electrons. The average Bonchev–Trinajstić information content (AvgIpc) is 2.15. The van der Waals surface area contributed by atoms with Crippen molar-refractivity contribution < 1.29 is 8.42 Å². The molecule has 0 bridgehead atoms. The van der Waals surface area contributed by atoms with Crippen molar-refractivity contribution in [2.45, 2.75) is 0 Å². The molecule has 0 saturated carbocycles. The van der Waals surface area contributed by atoms with Gasteiger partial charge < -0.3 is 5.32 Å². The molecule has 0 unspecified atom stereocenters. The molecule has 2 heterocycles. The lowest BCUT2D eigenvalue weighted by Crippen LogP contribution is -2.38. The minimum Gasteiger partial charge on any atom is -0.380 e. The Kier molecular flexibility index (Phi) is 2.07. The predicted molar refractivity (Wildman–Crippen MR) is 54.9 cm³/mol. The highest BCUT2D eigenvalue weighted by molar-refractivity contribution is 7.92. The van der Waals surface area contributed by atoms with Crippen molar-refractivity contribution in [2.24, 2.45) is 0 Å². The van der Waals surface area contributed by atoms with Crippen LogP contribution in [0.2, 0.25) is 0 Å². The van der Waals surface area contributed by atoms with Crippen LogP contribution < -0.4 is 9.62 Å². The molecule has 1 aromatic heterocycles. The molecule has 1 N–H and O–H groups in total. The Hall–Kier alpha value is -1.30. The first-order chi connectivity index (χ1) is 6.59. The van der Waals surface area contributed by atoms with Crippen molar-refractivity contribution in [2.75, 3.05) is 29.0 Å². The quantitative estimate of drug-likeness (QED) is 0.727. The molecule has 0 atom stereocenters. The fourth-order valence-corrected chi connectivity index (χ4v) is 2.44. The monoisotopic (exact) mass is 213 g/mol. The van der Waals surface area contributed by atoms with Crippen molar-refractivity contribution in [3.8, 4) is 0 Å².